The molecule has 0 spiro atoms. The van der Waals surface area contributed by atoms with Crippen molar-refractivity contribution in [1.82, 2.24) is 15.1 Å². The smallest absolute Gasteiger partial charge is 0.194 e. The molecular weight excluding hydrogens is 376 g/mol. The third kappa shape index (κ3) is 5.16. The number of nitrogens with one attached hydrogen (secondary N) is 1. The predicted molar refractivity (Wildman–Crippen MR) is 121 cm³/mol. The summed E-state index contributed by atoms with van der Waals surface area (Å²) in [5.41, 5.74) is 2.99. The van der Waals surface area contributed by atoms with Crippen LogP contribution in [0.25, 0.3) is 0 Å². The van der Waals surface area contributed by atoms with Gasteiger partial charge in [-0.1, -0.05) is 31.2 Å². The Hall–Kier alpha value is -1.63. The maximum atomic E-state index is 6.04. The predicted octanol–water partition coefficient (Wildman–Crippen LogP) is 2.67. The van der Waals surface area contributed by atoms with Gasteiger partial charge in [0, 0.05) is 45.4 Å². The lowest BCUT2D eigenvalue weighted by atomic mass is 9.98. The standard InChI is InChI=1S/C24H38N4O2/c1-3-21(27-12-11-19-8-5-6-9-20(19)17-27)16-26-24(25-4-2)28-13-15-30-23(18-28)22-10-7-14-29-22/h5-6,8-9,21-23H,3-4,7,10-18H2,1-2H3,(H,25,26). The van der Waals surface area contributed by atoms with Gasteiger partial charge in [-0.05, 0) is 43.7 Å². The fourth-order valence-corrected chi connectivity index (χ4v) is 4.94. The molecule has 0 saturated carbocycles. The normalized spacial score (nSPS) is 26.5. The molecule has 0 aromatic heterocycles. The summed E-state index contributed by atoms with van der Waals surface area (Å²) in [5.74, 6) is 1.03. The summed E-state index contributed by atoms with van der Waals surface area (Å²) in [5, 5.41) is 3.52. The van der Waals surface area contributed by atoms with Crippen molar-refractivity contribution < 1.29 is 9.47 Å². The molecule has 3 unspecified atom stereocenters. The lowest BCUT2D eigenvalue weighted by Gasteiger charge is -2.38. The van der Waals surface area contributed by atoms with E-state index >= 15 is 0 Å². The van der Waals surface area contributed by atoms with E-state index in [0.717, 1.165) is 84.1 Å². The summed E-state index contributed by atoms with van der Waals surface area (Å²) in [6, 6.07) is 9.35. The number of hydrogen-bond donors (Lipinski definition) is 1. The van der Waals surface area contributed by atoms with Gasteiger partial charge in [0.05, 0.1) is 19.3 Å². The van der Waals surface area contributed by atoms with Gasteiger partial charge < -0.3 is 19.7 Å². The fourth-order valence-electron chi connectivity index (χ4n) is 4.94. The molecule has 2 saturated heterocycles. The number of hydrogen-bond acceptors (Lipinski definition) is 4. The second-order valence-electron chi connectivity index (χ2n) is 8.65. The molecule has 0 aliphatic carbocycles. The first-order chi connectivity index (χ1) is 14.8. The molecule has 1 N–H and O–H groups in total. The number of fused-ring (bicyclic) bond motifs is 1. The van der Waals surface area contributed by atoms with E-state index < -0.39 is 0 Å². The van der Waals surface area contributed by atoms with Crippen LogP contribution in [0.5, 0.6) is 0 Å². The number of rotatable bonds is 6. The zero-order valence-corrected chi connectivity index (χ0v) is 18.7. The van der Waals surface area contributed by atoms with Crippen LogP contribution in [0.4, 0.5) is 0 Å². The van der Waals surface area contributed by atoms with Gasteiger partial charge in [-0.25, -0.2) is 0 Å². The SMILES string of the molecule is CCNC(=NCC(CC)N1CCc2ccccc2C1)N1CCOC(C2CCCO2)C1. The van der Waals surface area contributed by atoms with Gasteiger partial charge in [0.1, 0.15) is 6.10 Å². The highest BCUT2D eigenvalue weighted by molar-refractivity contribution is 5.80. The second kappa shape index (κ2) is 10.6. The van der Waals surface area contributed by atoms with E-state index in [1.165, 1.54) is 11.1 Å². The first-order valence-corrected chi connectivity index (χ1v) is 11.9. The van der Waals surface area contributed by atoms with E-state index in [-0.39, 0.29) is 12.2 Å². The largest absolute Gasteiger partial charge is 0.375 e. The molecule has 2 fully saturated rings. The van der Waals surface area contributed by atoms with Crippen molar-refractivity contribution >= 4 is 5.96 Å². The number of ether oxygens (including phenoxy) is 2. The number of benzene rings is 1. The molecule has 166 valence electrons. The lowest BCUT2D eigenvalue weighted by Crippen LogP contribution is -2.53. The molecule has 3 aliphatic rings. The van der Waals surface area contributed by atoms with E-state index in [2.05, 4.69) is 53.2 Å². The molecule has 0 amide bonds. The highest BCUT2D eigenvalue weighted by atomic mass is 16.5. The minimum absolute atomic E-state index is 0.158. The Bertz CT molecular complexity index is 704. The van der Waals surface area contributed by atoms with E-state index in [1.807, 2.05) is 0 Å². The summed E-state index contributed by atoms with van der Waals surface area (Å²) in [7, 11) is 0. The molecule has 3 heterocycles. The van der Waals surface area contributed by atoms with Crippen LogP contribution in [-0.2, 0) is 22.4 Å². The minimum Gasteiger partial charge on any atom is -0.375 e. The second-order valence-corrected chi connectivity index (χ2v) is 8.65. The van der Waals surface area contributed by atoms with Gasteiger partial charge in [0.15, 0.2) is 5.96 Å². The minimum atomic E-state index is 0.158. The van der Waals surface area contributed by atoms with Gasteiger partial charge in [0.2, 0.25) is 0 Å². The van der Waals surface area contributed by atoms with Crippen LogP contribution in [0.15, 0.2) is 29.3 Å². The molecule has 6 heteroatoms. The van der Waals surface area contributed by atoms with Crippen molar-refractivity contribution in [2.75, 3.05) is 45.9 Å². The molecule has 3 atom stereocenters. The molecule has 6 nitrogen and oxygen atoms in total. The molecule has 0 radical (unpaired) electrons. The van der Waals surface area contributed by atoms with Crippen molar-refractivity contribution in [3.8, 4) is 0 Å². The molecule has 4 rings (SSSR count). The third-order valence-corrected chi connectivity index (χ3v) is 6.71. The molecule has 3 aliphatic heterocycles. The van der Waals surface area contributed by atoms with Crippen molar-refractivity contribution in [3.63, 3.8) is 0 Å². The third-order valence-electron chi connectivity index (χ3n) is 6.71. The van der Waals surface area contributed by atoms with Crippen LogP contribution >= 0.6 is 0 Å². The molecule has 1 aromatic carbocycles. The Labute approximate surface area is 181 Å². The van der Waals surface area contributed by atoms with E-state index in [9.17, 15) is 0 Å². The van der Waals surface area contributed by atoms with Crippen LogP contribution in [0.2, 0.25) is 0 Å². The summed E-state index contributed by atoms with van der Waals surface area (Å²) in [4.78, 5) is 10.1. The van der Waals surface area contributed by atoms with Gasteiger partial charge in [0.25, 0.3) is 0 Å². The number of nitrogens with zero attached hydrogens (tertiary/aromatic N) is 3. The number of aliphatic imine (C=N–C) groups is 1. The first-order valence-electron chi connectivity index (χ1n) is 11.9. The lowest BCUT2D eigenvalue weighted by molar-refractivity contribution is -0.0817. The van der Waals surface area contributed by atoms with Crippen LogP contribution in [0, 0.1) is 0 Å². The fraction of sp³-hybridized carbons (Fsp3) is 0.708. The quantitative estimate of drug-likeness (QED) is 0.573. The number of morpholine rings is 1. The van der Waals surface area contributed by atoms with Crippen molar-refractivity contribution in [2.45, 2.75) is 64.3 Å². The molecule has 1 aromatic rings. The maximum absolute atomic E-state index is 6.04. The number of guanidine groups is 1. The monoisotopic (exact) mass is 414 g/mol. The van der Waals surface area contributed by atoms with E-state index in [4.69, 9.17) is 14.5 Å². The average molecular weight is 415 g/mol. The van der Waals surface area contributed by atoms with Gasteiger partial charge in [-0.15, -0.1) is 0 Å². The van der Waals surface area contributed by atoms with Gasteiger partial charge >= 0.3 is 0 Å². The summed E-state index contributed by atoms with van der Waals surface area (Å²) < 4.78 is 11.9. The van der Waals surface area contributed by atoms with Crippen LogP contribution in [0.3, 0.4) is 0 Å². The Balaban J connectivity index is 1.39. The molecule has 30 heavy (non-hydrogen) atoms. The Morgan fingerprint density at radius 2 is 1.97 bits per heavy atom. The van der Waals surface area contributed by atoms with Crippen LogP contribution in [-0.4, -0.2) is 79.9 Å². The molecule has 0 bridgehead atoms. The van der Waals surface area contributed by atoms with Gasteiger partial charge in [-0.2, -0.15) is 0 Å². The summed E-state index contributed by atoms with van der Waals surface area (Å²) >= 11 is 0. The van der Waals surface area contributed by atoms with Gasteiger partial charge in [-0.3, -0.25) is 9.89 Å². The van der Waals surface area contributed by atoms with Crippen LogP contribution < -0.4 is 5.32 Å². The van der Waals surface area contributed by atoms with E-state index in [0.29, 0.717) is 6.04 Å². The van der Waals surface area contributed by atoms with E-state index in [1.54, 1.807) is 0 Å². The Morgan fingerprint density at radius 3 is 2.73 bits per heavy atom. The maximum Gasteiger partial charge on any atom is 0.194 e. The van der Waals surface area contributed by atoms with Crippen molar-refractivity contribution in [3.05, 3.63) is 35.4 Å². The highest BCUT2D eigenvalue weighted by Gasteiger charge is 2.32. The van der Waals surface area contributed by atoms with Crippen LogP contribution in [0.1, 0.15) is 44.2 Å². The topological polar surface area (TPSA) is 49.3 Å². The first kappa shape index (κ1) is 21.6. The zero-order chi connectivity index (χ0) is 20.8. The van der Waals surface area contributed by atoms with Crippen molar-refractivity contribution in [2.24, 2.45) is 4.99 Å². The zero-order valence-electron chi connectivity index (χ0n) is 18.7. The average Bonchev–Trinajstić information content (AvgIpc) is 3.34. The molecular formula is C24H38N4O2. The van der Waals surface area contributed by atoms with Crippen molar-refractivity contribution in [1.29, 1.82) is 0 Å². The summed E-state index contributed by atoms with van der Waals surface area (Å²) in [6.45, 7) is 11.7. The Kier molecular flexibility index (Phi) is 7.63. The Morgan fingerprint density at radius 1 is 1.13 bits per heavy atom. The highest BCUT2D eigenvalue weighted by Crippen LogP contribution is 2.23. The summed E-state index contributed by atoms with van der Waals surface area (Å²) in [6.07, 6.45) is 4.92.